The molecule has 3 rings (SSSR count). The summed E-state index contributed by atoms with van der Waals surface area (Å²) in [6.07, 6.45) is 5.50. The van der Waals surface area contributed by atoms with Crippen LogP contribution in [0, 0.1) is 11.7 Å². The highest BCUT2D eigenvalue weighted by Gasteiger charge is 2.23. The molecule has 3 N–H and O–H groups in total. The Hall–Kier alpha value is -1.87. The number of sulfonamides is 1. The normalized spacial score (nSPS) is 18.2. The van der Waals surface area contributed by atoms with E-state index in [-0.39, 0.29) is 11.5 Å². The van der Waals surface area contributed by atoms with E-state index in [1.54, 1.807) is 19.1 Å². The van der Waals surface area contributed by atoms with Gasteiger partial charge < -0.3 is 15.4 Å². The Morgan fingerprint density at radius 2 is 2.13 bits per heavy atom. The van der Waals surface area contributed by atoms with Crippen LogP contribution in [0.25, 0.3) is 0 Å². The SMILES string of the molecule is C[C@@H](NS(=O)(=O)CCCCCN1CCCN=C1N)c1ccc(F)c(OCC2CC2)c1. The molecule has 0 spiro atoms. The lowest BCUT2D eigenvalue weighted by atomic mass is 10.1. The van der Waals surface area contributed by atoms with Crippen LogP contribution in [0.4, 0.5) is 4.39 Å². The van der Waals surface area contributed by atoms with Crippen LogP contribution in [-0.4, -0.2) is 51.3 Å². The van der Waals surface area contributed by atoms with Crippen LogP contribution in [0.5, 0.6) is 5.75 Å². The lowest BCUT2D eigenvalue weighted by Gasteiger charge is -2.26. The van der Waals surface area contributed by atoms with E-state index in [9.17, 15) is 12.8 Å². The number of hydrogen-bond acceptors (Lipinski definition) is 6. The summed E-state index contributed by atoms with van der Waals surface area (Å²) in [6, 6.07) is 4.06. The molecule has 1 aliphatic carbocycles. The standard InChI is InChI=1S/C21H33FN4O3S/c1-16(18-8-9-19(22)20(14-18)29-15-17-6-7-17)25-30(27,28)13-4-2-3-11-26-12-5-10-24-21(26)23/h8-9,14,16-17,25H,2-7,10-13,15H2,1H3,(H2,23,24)/t16-/m1/s1. The molecule has 1 aromatic carbocycles. The Morgan fingerprint density at radius 3 is 2.87 bits per heavy atom. The van der Waals surface area contributed by atoms with Crippen molar-refractivity contribution in [2.75, 3.05) is 32.0 Å². The number of unbranched alkanes of at least 4 members (excludes halogenated alkanes) is 2. The molecule has 1 aliphatic heterocycles. The van der Waals surface area contributed by atoms with Crippen molar-refractivity contribution < 1.29 is 17.5 Å². The summed E-state index contributed by atoms with van der Waals surface area (Å²) in [5.41, 5.74) is 6.55. The summed E-state index contributed by atoms with van der Waals surface area (Å²) in [7, 11) is -3.43. The number of aliphatic imine (C=N–C) groups is 1. The van der Waals surface area contributed by atoms with Gasteiger partial charge in [-0.1, -0.05) is 12.5 Å². The largest absolute Gasteiger partial charge is 0.490 e. The van der Waals surface area contributed by atoms with Crippen molar-refractivity contribution in [1.29, 1.82) is 0 Å². The van der Waals surface area contributed by atoms with E-state index in [2.05, 4.69) is 14.6 Å². The predicted molar refractivity (Wildman–Crippen MR) is 116 cm³/mol. The number of hydrogen-bond donors (Lipinski definition) is 2. The lowest BCUT2D eigenvalue weighted by molar-refractivity contribution is 0.285. The zero-order valence-electron chi connectivity index (χ0n) is 17.6. The lowest BCUT2D eigenvalue weighted by Crippen LogP contribution is -2.41. The van der Waals surface area contributed by atoms with Crippen LogP contribution >= 0.6 is 0 Å². The van der Waals surface area contributed by atoms with Crippen LogP contribution < -0.4 is 15.2 Å². The van der Waals surface area contributed by atoms with Gasteiger partial charge in [-0.3, -0.25) is 4.99 Å². The molecule has 1 atom stereocenters. The molecule has 0 radical (unpaired) electrons. The Labute approximate surface area is 178 Å². The van der Waals surface area contributed by atoms with Gasteiger partial charge in [0.15, 0.2) is 17.5 Å². The molecule has 0 unspecified atom stereocenters. The van der Waals surface area contributed by atoms with Gasteiger partial charge in [-0.2, -0.15) is 0 Å². The average molecular weight is 441 g/mol. The summed E-state index contributed by atoms with van der Waals surface area (Å²) in [5.74, 6) is 0.930. The molecule has 1 fully saturated rings. The van der Waals surface area contributed by atoms with Crippen molar-refractivity contribution in [3.63, 3.8) is 0 Å². The van der Waals surface area contributed by atoms with E-state index < -0.39 is 21.9 Å². The number of ether oxygens (including phenoxy) is 1. The van der Waals surface area contributed by atoms with E-state index in [1.165, 1.54) is 6.07 Å². The van der Waals surface area contributed by atoms with E-state index in [0.29, 0.717) is 30.5 Å². The van der Waals surface area contributed by atoms with Crippen LogP contribution in [0.2, 0.25) is 0 Å². The maximum atomic E-state index is 14.0. The van der Waals surface area contributed by atoms with Gasteiger partial charge in [0, 0.05) is 25.7 Å². The second-order valence-electron chi connectivity index (χ2n) is 8.24. The monoisotopic (exact) mass is 440 g/mol. The number of benzene rings is 1. The van der Waals surface area contributed by atoms with Crippen LogP contribution in [0.3, 0.4) is 0 Å². The zero-order chi connectivity index (χ0) is 21.6. The van der Waals surface area contributed by atoms with E-state index in [4.69, 9.17) is 10.5 Å². The molecule has 30 heavy (non-hydrogen) atoms. The molecule has 1 aromatic rings. The predicted octanol–water partition coefficient (Wildman–Crippen LogP) is 2.79. The minimum atomic E-state index is -3.43. The fraction of sp³-hybridized carbons (Fsp3) is 0.667. The van der Waals surface area contributed by atoms with Gasteiger partial charge >= 0.3 is 0 Å². The number of nitrogens with two attached hydrogens (primary N) is 1. The van der Waals surface area contributed by atoms with E-state index in [0.717, 1.165) is 51.7 Å². The first kappa shape index (κ1) is 22.8. The molecule has 0 aromatic heterocycles. The number of guanidine groups is 1. The molecule has 168 valence electrons. The smallest absolute Gasteiger partial charge is 0.212 e. The second kappa shape index (κ2) is 10.4. The fourth-order valence-electron chi connectivity index (χ4n) is 3.46. The number of nitrogens with zero attached hydrogens (tertiary/aromatic N) is 2. The molecule has 1 saturated carbocycles. The van der Waals surface area contributed by atoms with E-state index >= 15 is 0 Å². The highest BCUT2D eigenvalue weighted by molar-refractivity contribution is 7.89. The van der Waals surface area contributed by atoms with Crippen molar-refractivity contribution in [2.24, 2.45) is 16.6 Å². The minimum Gasteiger partial charge on any atom is -0.490 e. The van der Waals surface area contributed by atoms with E-state index in [1.807, 2.05) is 0 Å². The number of nitrogens with one attached hydrogen (secondary N) is 1. The molecule has 0 saturated heterocycles. The Kier molecular flexibility index (Phi) is 7.93. The maximum Gasteiger partial charge on any atom is 0.212 e. The molecule has 2 aliphatic rings. The second-order valence-corrected chi connectivity index (χ2v) is 10.1. The third kappa shape index (κ3) is 7.12. The number of rotatable bonds is 12. The maximum absolute atomic E-state index is 14.0. The van der Waals surface area contributed by atoms with Gasteiger partial charge in [0.2, 0.25) is 10.0 Å². The van der Waals surface area contributed by atoms with Gasteiger partial charge in [0.1, 0.15) is 0 Å². The molecule has 1 heterocycles. The Balaban J connectivity index is 1.42. The molecular weight excluding hydrogens is 407 g/mol. The van der Waals surface area contributed by atoms with Crippen molar-refractivity contribution in [1.82, 2.24) is 9.62 Å². The molecule has 0 bridgehead atoms. The minimum absolute atomic E-state index is 0.0626. The van der Waals surface area contributed by atoms with Crippen LogP contribution in [0.15, 0.2) is 23.2 Å². The van der Waals surface area contributed by atoms with Gasteiger partial charge in [-0.25, -0.2) is 17.5 Å². The summed E-state index contributed by atoms with van der Waals surface area (Å²) in [6.45, 7) is 4.77. The third-order valence-corrected chi connectivity index (χ3v) is 7.05. The van der Waals surface area contributed by atoms with Crippen LogP contribution in [0.1, 0.15) is 57.1 Å². The van der Waals surface area contributed by atoms with Gasteiger partial charge in [-0.05, 0) is 62.6 Å². The highest BCUT2D eigenvalue weighted by atomic mass is 32.2. The first-order valence-corrected chi connectivity index (χ1v) is 12.5. The summed E-state index contributed by atoms with van der Waals surface area (Å²) in [4.78, 5) is 6.28. The van der Waals surface area contributed by atoms with Gasteiger partial charge in [-0.15, -0.1) is 0 Å². The van der Waals surface area contributed by atoms with Crippen molar-refractivity contribution in [2.45, 2.75) is 51.5 Å². The fourth-order valence-corrected chi connectivity index (χ4v) is 4.83. The first-order chi connectivity index (χ1) is 14.3. The number of halogens is 1. The topological polar surface area (TPSA) is 97.0 Å². The zero-order valence-corrected chi connectivity index (χ0v) is 18.5. The Bertz CT molecular complexity index is 843. The van der Waals surface area contributed by atoms with Crippen molar-refractivity contribution in [3.8, 4) is 5.75 Å². The molecule has 9 heteroatoms. The molecular formula is C21H33FN4O3S. The summed E-state index contributed by atoms with van der Waals surface area (Å²) >= 11 is 0. The third-order valence-electron chi connectivity index (χ3n) is 5.51. The van der Waals surface area contributed by atoms with Gasteiger partial charge in [0.25, 0.3) is 0 Å². The van der Waals surface area contributed by atoms with Crippen molar-refractivity contribution in [3.05, 3.63) is 29.6 Å². The molecule has 0 amide bonds. The quantitative estimate of drug-likeness (QED) is 0.487. The highest BCUT2D eigenvalue weighted by Crippen LogP contribution is 2.31. The Morgan fingerprint density at radius 1 is 1.33 bits per heavy atom. The first-order valence-electron chi connectivity index (χ1n) is 10.8. The molecule has 7 nitrogen and oxygen atoms in total. The van der Waals surface area contributed by atoms with Crippen LogP contribution in [-0.2, 0) is 10.0 Å². The van der Waals surface area contributed by atoms with Gasteiger partial charge in [0.05, 0.1) is 12.4 Å². The average Bonchev–Trinajstić information content (AvgIpc) is 3.52. The summed E-state index contributed by atoms with van der Waals surface area (Å²) in [5, 5.41) is 0. The summed E-state index contributed by atoms with van der Waals surface area (Å²) < 4.78 is 47.1. The van der Waals surface area contributed by atoms with Crippen molar-refractivity contribution >= 4 is 16.0 Å².